The molecule has 0 fully saturated rings. The Morgan fingerprint density at radius 3 is 2.33 bits per heavy atom. The molecular weight excluding hydrogens is 420 g/mol. The predicted molar refractivity (Wildman–Crippen MR) is 103 cm³/mol. The van der Waals surface area contributed by atoms with Crippen LogP contribution in [0.4, 0.5) is 10.1 Å². The van der Waals surface area contributed by atoms with Crippen LogP contribution in [0.2, 0.25) is 5.02 Å². The molecule has 148 valence electrons. The highest BCUT2D eigenvalue weighted by Crippen LogP contribution is 2.24. The van der Waals surface area contributed by atoms with E-state index in [1.807, 2.05) is 0 Å². The van der Waals surface area contributed by atoms with Gasteiger partial charge >= 0.3 is 0 Å². The Labute approximate surface area is 167 Å². The van der Waals surface area contributed by atoms with Crippen molar-refractivity contribution in [1.29, 1.82) is 0 Å². The maximum Gasteiger partial charge on any atom is 0.269 e. The lowest BCUT2D eigenvalue weighted by molar-refractivity contribution is -0.384. The summed E-state index contributed by atoms with van der Waals surface area (Å²) in [5.41, 5.74) is 6.34. The maximum absolute atomic E-state index is 13.3. The molecule has 0 radical (unpaired) electrons. The predicted octanol–water partition coefficient (Wildman–Crippen LogP) is 3.52. The fourth-order valence-electron chi connectivity index (χ4n) is 2.35. The Balaban J connectivity index is 0.00000364. The van der Waals surface area contributed by atoms with E-state index in [2.05, 4.69) is 0 Å². The van der Waals surface area contributed by atoms with E-state index in [1.165, 1.54) is 30.3 Å². The Morgan fingerprint density at radius 1 is 1.26 bits per heavy atom. The number of nitro groups is 1. The minimum absolute atomic E-state index is 0. The smallest absolute Gasteiger partial charge is 0.269 e. The second-order valence-electron chi connectivity index (χ2n) is 5.49. The van der Waals surface area contributed by atoms with Gasteiger partial charge in [0, 0.05) is 31.3 Å². The van der Waals surface area contributed by atoms with E-state index in [0.717, 1.165) is 16.4 Å². The molecule has 2 N–H and O–H groups in total. The summed E-state index contributed by atoms with van der Waals surface area (Å²) in [5, 5.41) is 10.6. The van der Waals surface area contributed by atoms with Crippen LogP contribution in [0, 0.1) is 15.9 Å². The molecule has 0 saturated carbocycles. The standard InChI is InChI=1S/C16H17ClFN3O4S.ClH/c1-2-20(10-16(19)11-3-8-15(18)14(17)9-11)26(24,25)13-6-4-12(5-7-13)21(22)23;/h3-9,16H,2,10,19H2,1H3;1H/t16-;/m0./s1. The highest BCUT2D eigenvalue weighted by molar-refractivity contribution is 7.89. The minimum Gasteiger partial charge on any atom is -0.323 e. The number of nitrogens with two attached hydrogens (primary N) is 1. The molecule has 7 nitrogen and oxygen atoms in total. The van der Waals surface area contributed by atoms with Crippen molar-refractivity contribution in [3.05, 3.63) is 69.0 Å². The lowest BCUT2D eigenvalue weighted by atomic mass is 10.1. The zero-order chi connectivity index (χ0) is 19.5. The van der Waals surface area contributed by atoms with Crippen molar-refractivity contribution in [2.24, 2.45) is 5.73 Å². The van der Waals surface area contributed by atoms with Crippen molar-refractivity contribution in [3.8, 4) is 0 Å². The molecule has 0 heterocycles. The van der Waals surface area contributed by atoms with Gasteiger partial charge in [-0.3, -0.25) is 10.1 Å². The first-order chi connectivity index (χ1) is 12.2. The number of sulfonamides is 1. The number of likely N-dealkylation sites (N-methyl/N-ethyl adjacent to an activating group) is 1. The molecule has 2 aromatic rings. The average molecular weight is 438 g/mol. The van der Waals surface area contributed by atoms with Gasteiger partial charge in [-0.15, -0.1) is 12.4 Å². The number of hydrogen-bond donors (Lipinski definition) is 1. The van der Waals surface area contributed by atoms with E-state index in [9.17, 15) is 22.9 Å². The van der Waals surface area contributed by atoms with E-state index < -0.39 is 26.8 Å². The zero-order valence-corrected chi connectivity index (χ0v) is 16.6. The van der Waals surface area contributed by atoms with Crippen LogP contribution in [-0.2, 0) is 10.0 Å². The van der Waals surface area contributed by atoms with Crippen LogP contribution in [0.3, 0.4) is 0 Å². The molecule has 1 atom stereocenters. The highest BCUT2D eigenvalue weighted by atomic mass is 35.5. The van der Waals surface area contributed by atoms with Crippen LogP contribution >= 0.6 is 24.0 Å². The normalized spacial score (nSPS) is 12.5. The van der Waals surface area contributed by atoms with Crippen LogP contribution in [0.25, 0.3) is 0 Å². The fraction of sp³-hybridized carbons (Fsp3) is 0.250. The second kappa shape index (κ2) is 9.43. The summed E-state index contributed by atoms with van der Waals surface area (Å²) in [6, 6.07) is 7.85. The zero-order valence-electron chi connectivity index (χ0n) is 14.2. The lowest BCUT2D eigenvalue weighted by Crippen LogP contribution is -2.37. The number of rotatable bonds is 7. The molecule has 0 aliphatic rings. The van der Waals surface area contributed by atoms with Gasteiger partial charge in [0.15, 0.2) is 0 Å². The molecular formula is C16H18Cl2FN3O4S. The van der Waals surface area contributed by atoms with Crippen molar-refractivity contribution in [2.75, 3.05) is 13.1 Å². The lowest BCUT2D eigenvalue weighted by Gasteiger charge is -2.24. The summed E-state index contributed by atoms with van der Waals surface area (Å²) < 4.78 is 39.9. The van der Waals surface area contributed by atoms with E-state index in [0.29, 0.717) is 5.56 Å². The Bertz CT molecular complexity index is 910. The SMILES string of the molecule is CCN(C[C@H](N)c1ccc(F)c(Cl)c1)S(=O)(=O)c1ccc([N+](=O)[O-])cc1.Cl. The maximum atomic E-state index is 13.3. The van der Waals surface area contributed by atoms with Crippen molar-refractivity contribution >= 4 is 39.7 Å². The summed E-state index contributed by atoms with van der Waals surface area (Å²) in [5.74, 6) is -0.589. The summed E-state index contributed by atoms with van der Waals surface area (Å²) in [4.78, 5) is 10.0. The molecule has 0 saturated heterocycles. The van der Waals surface area contributed by atoms with Gasteiger partial charge < -0.3 is 5.73 Å². The largest absolute Gasteiger partial charge is 0.323 e. The van der Waals surface area contributed by atoms with Crippen LogP contribution in [0.15, 0.2) is 47.4 Å². The minimum atomic E-state index is -3.89. The van der Waals surface area contributed by atoms with Gasteiger partial charge in [-0.05, 0) is 29.8 Å². The third-order valence-electron chi connectivity index (χ3n) is 3.81. The van der Waals surface area contributed by atoms with Crippen molar-refractivity contribution in [2.45, 2.75) is 17.9 Å². The molecule has 0 spiro atoms. The van der Waals surface area contributed by atoms with Gasteiger partial charge in [-0.2, -0.15) is 4.31 Å². The molecule has 0 aliphatic carbocycles. The van der Waals surface area contributed by atoms with Gasteiger partial charge in [0.05, 0.1) is 14.8 Å². The van der Waals surface area contributed by atoms with Gasteiger partial charge in [0.25, 0.3) is 5.69 Å². The quantitative estimate of drug-likeness (QED) is 0.526. The highest BCUT2D eigenvalue weighted by Gasteiger charge is 2.26. The van der Waals surface area contributed by atoms with Crippen LogP contribution in [-0.4, -0.2) is 30.7 Å². The molecule has 0 aromatic heterocycles. The van der Waals surface area contributed by atoms with Crippen molar-refractivity contribution in [3.63, 3.8) is 0 Å². The third kappa shape index (κ3) is 5.36. The Morgan fingerprint density at radius 2 is 1.85 bits per heavy atom. The van der Waals surface area contributed by atoms with Gasteiger partial charge in [0.1, 0.15) is 5.82 Å². The molecule has 2 rings (SSSR count). The molecule has 11 heteroatoms. The van der Waals surface area contributed by atoms with E-state index in [1.54, 1.807) is 6.92 Å². The second-order valence-corrected chi connectivity index (χ2v) is 7.83. The number of nitrogens with zero attached hydrogens (tertiary/aromatic N) is 2. The molecule has 2 aromatic carbocycles. The number of halogens is 3. The summed E-state index contributed by atoms with van der Waals surface area (Å²) in [6.45, 7) is 1.73. The molecule has 0 aliphatic heterocycles. The Hall–Kier alpha value is -1.78. The number of benzene rings is 2. The third-order valence-corrected chi connectivity index (χ3v) is 6.05. The van der Waals surface area contributed by atoms with Crippen molar-refractivity contribution < 1.29 is 17.7 Å². The van der Waals surface area contributed by atoms with E-state index in [4.69, 9.17) is 17.3 Å². The number of nitro benzene ring substituents is 1. The molecule has 0 bridgehead atoms. The van der Waals surface area contributed by atoms with Gasteiger partial charge in [-0.25, -0.2) is 12.8 Å². The van der Waals surface area contributed by atoms with E-state index in [-0.39, 0.29) is 41.1 Å². The first-order valence-electron chi connectivity index (χ1n) is 7.62. The topological polar surface area (TPSA) is 107 Å². The first kappa shape index (κ1) is 23.3. The Kier molecular flexibility index (Phi) is 8.12. The van der Waals surface area contributed by atoms with Crippen LogP contribution in [0.1, 0.15) is 18.5 Å². The molecule has 0 unspecified atom stereocenters. The molecule has 27 heavy (non-hydrogen) atoms. The first-order valence-corrected chi connectivity index (χ1v) is 9.43. The van der Waals surface area contributed by atoms with Crippen molar-refractivity contribution in [1.82, 2.24) is 4.31 Å². The number of non-ortho nitro benzene ring substituents is 1. The summed E-state index contributed by atoms with van der Waals surface area (Å²) in [6.07, 6.45) is 0. The van der Waals surface area contributed by atoms with E-state index >= 15 is 0 Å². The summed E-state index contributed by atoms with van der Waals surface area (Å²) in [7, 11) is -3.89. The fourth-order valence-corrected chi connectivity index (χ4v) is 4.02. The van der Waals surface area contributed by atoms with Gasteiger partial charge in [-0.1, -0.05) is 24.6 Å². The van der Waals surface area contributed by atoms with Gasteiger partial charge in [0.2, 0.25) is 10.0 Å². The molecule has 0 amide bonds. The van der Waals surface area contributed by atoms with Crippen LogP contribution in [0.5, 0.6) is 0 Å². The average Bonchev–Trinajstić information content (AvgIpc) is 2.61. The number of hydrogen-bond acceptors (Lipinski definition) is 5. The summed E-state index contributed by atoms with van der Waals surface area (Å²) >= 11 is 5.74. The monoisotopic (exact) mass is 437 g/mol. The van der Waals surface area contributed by atoms with Crippen LogP contribution < -0.4 is 5.73 Å².